The molecule has 0 fully saturated rings. The van der Waals surface area contributed by atoms with E-state index in [0.717, 1.165) is 10.5 Å². The summed E-state index contributed by atoms with van der Waals surface area (Å²) < 4.78 is 31.7. The average Bonchev–Trinajstić information content (AvgIpc) is 3.34. The first-order valence-corrected chi connectivity index (χ1v) is 11.9. The van der Waals surface area contributed by atoms with Crippen LogP contribution in [0.4, 0.5) is 14.5 Å². The van der Waals surface area contributed by atoms with Crippen LogP contribution in [0.5, 0.6) is 0 Å². The number of fused-ring (bicyclic) bond motifs is 1. The van der Waals surface area contributed by atoms with Crippen LogP contribution in [0.3, 0.4) is 0 Å². The molecule has 1 unspecified atom stereocenters. The third-order valence-electron chi connectivity index (χ3n) is 6.10. The van der Waals surface area contributed by atoms with E-state index in [1.54, 1.807) is 36.4 Å². The zero-order valence-electron chi connectivity index (χ0n) is 20.2. The van der Waals surface area contributed by atoms with E-state index in [-0.39, 0.29) is 24.3 Å². The molecule has 1 aromatic heterocycles. The Morgan fingerprint density at radius 2 is 1.47 bits per heavy atom. The molecule has 1 heterocycles. The molecular weight excluding hydrogens is 488 g/mol. The van der Waals surface area contributed by atoms with E-state index in [1.165, 1.54) is 41.1 Å². The molecule has 0 bridgehead atoms. The molecule has 5 aromatic rings. The van der Waals surface area contributed by atoms with Crippen LogP contribution in [0.15, 0.2) is 103 Å². The molecule has 0 aliphatic carbocycles. The van der Waals surface area contributed by atoms with E-state index in [1.807, 2.05) is 30.3 Å². The normalized spacial score (nSPS) is 11.7. The van der Waals surface area contributed by atoms with Gasteiger partial charge in [0.2, 0.25) is 11.8 Å². The van der Waals surface area contributed by atoms with Gasteiger partial charge < -0.3 is 5.32 Å². The number of rotatable bonds is 8. The van der Waals surface area contributed by atoms with E-state index in [4.69, 9.17) is 0 Å². The number of hydrogen-bond acceptors (Lipinski definition) is 4. The Labute approximate surface area is 217 Å². The second kappa shape index (κ2) is 11.0. The molecule has 5 rings (SSSR count). The predicted molar refractivity (Wildman–Crippen MR) is 139 cm³/mol. The summed E-state index contributed by atoms with van der Waals surface area (Å²) in [5, 5.41) is 10.9. The highest BCUT2D eigenvalue weighted by Gasteiger charge is 2.36. The minimum atomic E-state index is -1.50. The summed E-state index contributed by atoms with van der Waals surface area (Å²) in [7, 11) is 0. The standard InChI is InChI=1S/C29H23F2N5O2/c30-22-13-5-4-12-21(22)28(29(38)32-18-20-10-2-1-3-11-20)36(25-16-8-6-14-23(25)31)27(37)19-35-26-17-9-7-15-24(26)33-34-35/h1-17,28H,18-19H2,(H,32,38). The van der Waals surface area contributed by atoms with Crippen molar-refractivity contribution >= 4 is 28.5 Å². The van der Waals surface area contributed by atoms with Gasteiger partial charge in [0.1, 0.15) is 29.7 Å². The fraction of sp³-hybridized carbons (Fsp3) is 0.103. The number of anilines is 1. The lowest BCUT2D eigenvalue weighted by Crippen LogP contribution is -2.46. The third kappa shape index (κ3) is 5.12. The molecule has 4 aromatic carbocycles. The summed E-state index contributed by atoms with van der Waals surface area (Å²) in [6, 6.07) is 25.9. The Kier molecular flexibility index (Phi) is 7.17. The zero-order valence-corrected chi connectivity index (χ0v) is 20.2. The van der Waals surface area contributed by atoms with Crippen molar-refractivity contribution < 1.29 is 18.4 Å². The maximum atomic E-state index is 15.2. The van der Waals surface area contributed by atoms with Gasteiger partial charge in [-0.2, -0.15) is 0 Å². The molecule has 0 saturated carbocycles. The van der Waals surface area contributed by atoms with Crippen LogP contribution in [-0.2, 0) is 22.7 Å². The van der Waals surface area contributed by atoms with Crippen molar-refractivity contribution in [3.8, 4) is 0 Å². The fourth-order valence-corrected chi connectivity index (χ4v) is 4.28. The van der Waals surface area contributed by atoms with E-state index >= 15 is 8.78 Å². The molecule has 1 atom stereocenters. The van der Waals surface area contributed by atoms with E-state index in [0.29, 0.717) is 11.0 Å². The van der Waals surface area contributed by atoms with Gasteiger partial charge >= 0.3 is 0 Å². The van der Waals surface area contributed by atoms with Gasteiger partial charge in [-0.25, -0.2) is 13.5 Å². The highest BCUT2D eigenvalue weighted by atomic mass is 19.1. The van der Waals surface area contributed by atoms with Gasteiger partial charge in [-0.3, -0.25) is 14.5 Å². The first-order chi connectivity index (χ1) is 18.5. The molecule has 0 aliphatic rings. The molecule has 1 N–H and O–H groups in total. The fourth-order valence-electron chi connectivity index (χ4n) is 4.28. The lowest BCUT2D eigenvalue weighted by Gasteiger charge is -2.32. The molecule has 38 heavy (non-hydrogen) atoms. The number of para-hydroxylation sites is 2. The minimum Gasteiger partial charge on any atom is -0.350 e. The SMILES string of the molecule is O=C(NCc1ccccc1)C(c1ccccc1F)N(C(=O)Cn1nnc2ccccc21)c1ccccc1F. The molecular formula is C29H23F2N5O2. The van der Waals surface area contributed by atoms with Crippen LogP contribution in [0.1, 0.15) is 17.2 Å². The number of amides is 2. The Balaban J connectivity index is 1.58. The summed E-state index contributed by atoms with van der Waals surface area (Å²) in [6.45, 7) is -0.219. The maximum absolute atomic E-state index is 15.2. The summed E-state index contributed by atoms with van der Waals surface area (Å²) in [5.74, 6) is -2.78. The van der Waals surface area contributed by atoms with Crippen molar-refractivity contribution in [3.63, 3.8) is 0 Å². The van der Waals surface area contributed by atoms with Crippen molar-refractivity contribution in [2.45, 2.75) is 19.1 Å². The number of aromatic nitrogens is 3. The van der Waals surface area contributed by atoms with Gasteiger partial charge in [-0.15, -0.1) is 5.10 Å². The Hall–Kier alpha value is -4.92. The van der Waals surface area contributed by atoms with Crippen LogP contribution in [0.2, 0.25) is 0 Å². The van der Waals surface area contributed by atoms with E-state index in [9.17, 15) is 9.59 Å². The Bertz CT molecular complexity index is 1590. The van der Waals surface area contributed by atoms with Crippen LogP contribution in [0, 0.1) is 11.6 Å². The summed E-state index contributed by atoms with van der Waals surface area (Å²) in [4.78, 5) is 28.6. The molecule has 0 saturated heterocycles. The number of hydrogen-bond donors (Lipinski definition) is 1. The number of halogens is 2. The largest absolute Gasteiger partial charge is 0.350 e. The van der Waals surface area contributed by atoms with Crippen molar-refractivity contribution in [1.82, 2.24) is 20.3 Å². The van der Waals surface area contributed by atoms with Gasteiger partial charge in [-0.05, 0) is 35.9 Å². The van der Waals surface area contributed by atoms with Crippen LogP contribution in [0.25, 0.3) is 11.0 Å². The number of benzene rings is 4. The smallest absolute Gasteiger partial charge is 0.249 e. The van der Waals surface area contributed by atoms with Crippen molar-refractivity contribution in [2.75, 3.05) is 4.90 Å². The summed E-state index contributed by atoms with van der Waals surface area (Å²) in [5.41, 5.74) is 1.74. The Morgan fingerprint density at radius 3 is 2.24 bits per heavy atom. The number of carbonyl (C=O) groups excluding carboxylic acids is 2. The van der Waals surface area contributed by atoms with Crippen molar-refractivity contribution in [2.24, 2.45) is 0 Å². The number of nitrogens with one attached hydrogen (secondary N) is 1. The lowest BCUT2D eigenvalue weighted by atomic mass is 10.0. The number of carbonyl (C=O) groups is 2. The molecule has 9 heteroatoms. The molecule has 7 nitrogen and oxygen atoms in total. The van der Waals surface area contributed by atoms with Gasteiger partial charge in [-0.1, -0.05) is 78.0 Å². The monoisotopic (exact) mass is 511 g/mol. The highest BCUT2D eigenvalue weighted by Crippen LogP contribution is 2.32. The summed E-state index contributed by atoms with van der Waals surface area (Å²) >= 11 is 0. The third-order valence-corrected chi connectivity index (χ3v) is 6.10. The van der Waals surface area contributed by atoms with Crippen LogP contribution in [-0.4, -0.2) is 26.8 Å². The average molecular weight is 512 g/mol. The first kappa shape index (κ1) is 24.8. The minimum absolute atomic E-state index is 0.0712. The van der Waals surface area contributed by atoms with Gasteiger partial charge in [0, 0.05) is 12.1 Å². The van der Waals surface area contributed by atoms with Gasteiger partial charge in [0.15, 0.2) is 0 Å². The van der Waals surface area contributed by atoms with Gasteiger partial charge in [0.05, 0.1) is 11.2 Å². The summed E-state index contributed by atoms with van der Waals surface area (Å²) in [6.07, 6.45) is 0. The molecule has 2 amide bonds. The second-order valence-corrected chi connectivity index (χ2v) is 8.58. The van der Waals surface area contributed by atoms with Crippen LogP contribution >= 0.6 is 0 Å². The van der Waals surface area contributed by atoms with Crippen molar-refractivity contribution in [1.29, 1.82) is 0 Å². The molecule has 0 spiro atoms. The molecule has 0 radical (unpaired) electrons. The maximum Gasteiger partial charge on any atom is 0.249 e. The lowest BCUT2D eigenvalue weighted by molar-refractivity contribution is -0.127. The van der Waals surface area contributed by atoms with Gasteiger partial charge in [0.25, 0.3) is 0 Å². The Morgan fingerprint density at radius 1 is 0.816 bits per heavy atom. The van der Waals surface area contributed by atoms with Crippen molar-refractivity contribution in [3.05, 3.63) is 126 Å². The molecule has 190 valence electrons. The van der Waals surface area contributed by atoms with Crippen LogP contribution < -0.4 is 10.2 Å². The van der Waals surface area contributed by atoms with E-state index in [2.05, 4.69) is 15.6 Å². The first-order valence-electron chi connectivity index (χ1n) is 11.9. The topological polar surface area (TPSA) is 80.1 Å². The number of nitrogens with zero attached hydrogens (tertiary/aromatic N) is 4. The predicted octanol–water partition coefficient (Wildman–Crippen LogP) is 4.80. The second-order valence-electron chi connectivity index (χ2n) is 8.58. The zero-order chi connectivity index (χ0) is 26.5. The highest BCUT2D eigenvalue weighted by molar-refractivity contribution is 6.01. The van der Waals surface area contributed by atoms with E-state index < -0.39 is 29.5 Å². The molecule has 0 aliphatic heterocycles. The quantitative estimate of drug-likeness (QED) is 0.325.